The molecule has 1 aliphatic heterocycles. The molecule has 0 aliphatic carbocycles. The maximum atomic E-state index is 12.5. The Labute approximate surface area is 174 Å². The van der Waals surface area contributed by atoms with Crippen molar-refractivity contribution in [2.24, 2.45) is 5.92 Å². The number of carbonyl (C=O) groups is 1. The first-order valence-electron chi connectivity index (χ1n) is 10.2. The van der Waals surface area contributed by atoms with Gasteiger partial charge in [0, 0.05) is 48.9 Å². The molecule has 1 fully saturated rings. The van der Waals surface area contributed by atoms with E-state index in [-0.39, 0.29) is 11.3 Å². The minimum atomic E-state index is -0.128. The first-order valence-corrected chi connectivity index (χ1v) is 10.2. The Hall–Kier alpha value is -3.42. The average molecular weight is 403 g/mol. The van der Waals surface area contributed by atoms with Crippen molar-refractivity contribution in [2.75, 3.05) is 24.5 Å². The van der Waals surface area contributed by atoms with E-state index in [0.29, 0.717) is 18.0 Å². The summed E-state index contributed by atoms with van der Waals surface area (Å²) in [6, 6.07) is 11.8. The molecule has 4 aromatic heterocycles. The fourth-order valence-electron chi connectivity index (χ4n) is 3.82. The minimum absolute atomic E-state index is 0.0315. The molecule has 30 heavy (non-hydrogen) atoms. The number of amides is 1. The molecular weight excluding hydrogens is 378 g/mol. The van der Waals surface area contributed by atoms with Crippen LogP contribution in [0, 0.1) is 5.92 Å². The van der Waals surface area contributed by atoms with Gasteiger partial charge < -0.3 is 14.6 Å². The third-order valence-corrected chi connectivity index (χ3v) is 5.52. The largest absolute Gasteiger partial charge is 0.354 e. The Bertz CT molecular complexity index is 1190. The van der Waals surface area contributed by atoms with Crippen LogP contribution in [0.2, 0.25) is 0 Å². The monoisotopic (exact) mass is 403 g/mol. The van der Waals surface area contributed by atoms with E-state index in [1.54, 1.807) is 0 Å². The SMILES string of the molecule is CC(C)(C)c1nnc2ccc(N3CC(CNC(=O)c4cc5ccccn5c4)C3)nn12. The quantitative estimate of drug-likeness (QED) is 0.566. The minimum Gasteiger partial charge on any atom is -0.354 e. The van der Waals surface area contributed by atoms with E-state index in [1.165, 1.54) is 0 Å². The lowest BCUT2D eigenvalue weighted by atomic mass is 9.96. The molecule has 1 saturated heterocycles. The van der Waals surface area contributed by atoms with E-state index in [4.69, 9.17) is 5.10 Å². The number of hydrogen-bond acceptors (Lipinski definition) is 5. The van der Waals surface area contributed by atoms with Crippen molar-refractivity contribution in [1.29, 1.82) is 0 Å². The molecule has 1 aliphatic rings. The topological polar surface area (TPSA) is 79.8 Å². The highest BCUT2D eigenvalue weighted by Gasteiger charge is 2.29. The van der Waals surface area contributed by atoms with E-state index in [1.807, 2.05) is 57.7 Å². The van der Waals surface area contributed by atoms with Crippen LogP contribution >= 0.6 is 0 Å². The molecule has 0 radical (unpaired) electrons. The van der Waals surface area contributed by atoms with Crippen LogP contribution in [0.25, 0.3) is 11.2 Å². The molecule has 8 nitrogen and oxygen atoms in total. The van der Waals surface area contributed by atoms with Gasteiger partial charge in [-0.05, 0) is 30.3 Å². The van der Waals surface area contributed by atoms with Gasteiger partial charge in [-0.25, -0.2) is 0 Å². The zero-order chi connectivity index (χ0) is 20.9. The number of nitrogens with zero attached hydrogens (tertiary/aromatic N) is 6. The van der Waals surface area contributed by atoms with Gasteiger partial charge in [0.1, 0.15) is 5.82 Å². The fourth-order valence-corrected chi connectivity index (χ4v) is 3.82. The maximum absolute atomic E-state index is 12.5. The molecule has 1 N–H and O–H groups in total. The zero-order valence-electron chi connectivity index (χ0n) is 17.4. The number of carbonyl (C=O) groups excluding carboxylic acids is 1. The summed E-state index contributed by atoms with van der Waals surface area (Å²) in [7, 11) is 0. The second-order valence-corrected chi connectivity index (χ2v) is 8.98. The number of hydrogen-bond donors (Lipinski definition) is 1. The molecular formula is C22H25N7O. The predicted molar refractivity (Wildman–Crippen MR) is 115 cm³/mol. The molecule has 8 heteroatoms. The molecule has 1 amide bonds. The lowest BCUT2D eigenvalue weighted by Gasteiger charge is -2.40. The van der Waals surface area contributed by atoms with Gasteiger partial charge in [-0.3, -0.25) is 4.79 Å². The molecule has 154 valence electrons. The highest BCUT2D eigenvalue weighted by atomic mass is 16.1. The summed E-state index contributed by atoms with van der Waals surface area (Å²) in [5.74, 6) is 2.14. The van der Waals surface area contributed by atoms with Gasteiger partial charge in [0.25, 0.3) is 5.91 Å². The molecule has 4 aromatic rings. The number of aromatic nitrogens is 5. The Morgan fingerprint density at radius 2 is 2.00 bits per heavy atom. The third kappa shape index (κ3) is 3.28. The lowest BCUT2D eigenvalue weighted by molar-refractivity contribution is 0.0944. The summed E-state index contributed by atoms with van der Waals surface area (Å²) in [4.78, 5) is 14.7. The van der Waals surface area contributed by atoms with Crippen LogP contribution in [0.3, 0.4) is 0 Å². The van der Waals surface area contributed by atoms with Crippen molar-refractivity contribution in [3.05, 3.63) is 60.2 Å². The van der Waals surface area contributed by atoms with E-state index >= 15 is 0 Å². The summed E-state index contributed by atoms with van der Waals surface area (Å²) in [6.07, 6.45) is 3.81. The fraction of sp³-hybridized carbons (Fsp3) is 0.364. The number of rotatable bonds is 4. The van der Waals surface area contributed by atoms with Crippen LogP contribution in [0.5, 0.6) is 0 Å². The summed E-state index contributed by atoms with van der Waals surface area (Å²) in [5, 5.41) is 16.3. The van der Waals surface area contributed by atoms with E-state index in [2.05, 4.69) is 41.2 Å². The van der Waals surface area contributed by atoms with E-state index < -0.39 is 0 Å². The maximum Gasteiger partial charge on any atom is 0.252 e. The number of fused-ring (bicyclic) bond motifs is 2. The first kappa shape index (κ1) is 18.6. The molecule has 0 atom stereocenters. The highest BCUT2D eigenvalue weighted by Crippen LogP contribution is 2.25. The molecule has 0 bridgehead atoms. The second-order valence-electron chi connectivity index (χ2n) is 8.98. The molecule has 0 aromatic carbocycles. The Kier molecular flexibility index (Phi) is 4.23. The van der Waals surface area contributed by atoms with Crippen LogP contribution in [-0.4, -0.2) is 49.8 Å². The molecule has 0 unspecified atom stereocenters. The van der Waals surface area contributed by atoms with Crippen molar-refractivity contribution in [2.45, 2.75) is 26.2 Å². The Morgan fingerprint density at radius 3 is 2.77 bits per heavy atom. The van der Waals surface area contributed by atoms with Crippen LogP contribution < -0.4 is 10.2 Å². The molecule has 0 saturated carbocycles. The zero-order valence-corrected chi connectivity index (χ0v) is 17.4. The van der Waals surface area contributed by atoms with Gasteiger partial charge in [0.15, 0.2) is 11.5 Å². The summed E-state index contributed by atoms with van der Waals surface area (Å²) in [5.41, 5.74) is 2.33. The van der Waals surface area contributed by atoms with Gasteiger partial charge in [-0.1, -0.05) is 26.8 Å². The van der Waals surface area contributed by atoms with Gasteiger partial charge >= 0.3 is 0 Å². The van der Waals surface area contributed by atoms with Gasteiger partial charge in [0.2, 0.25) is 0 Å². The van der Waals surface area contributed by atoms with Crippen molar-refractivity contribution in [1.82, 2.24) is 29.5 Å². The van der Waals surface area contributed by atoms with Crippen molar-refractivity contribution in [3.63, 3.8) is 0 Å². The Morgan fingerprint density at radius 1 is 1.17 bits per heavy atom. The summed E-state index contributed by atoms with van der Waals surface area (Å²) >= 11 is 0. The van der Waals surface area contributed by atoms with E-state index in [0.717, 1.165) is 35.9 Å². The van der Waals surface area contributed by atoms with E-state index in [9.17, 15) is 4.79 Å². The number of nitrogens with one attached hydrogen (secondary N) is 1. The third-order valence-electron chi connectivity index (χ3n) is 5.52. The van der Waals surface area contributed by atoms with Gasteiger partial charge in [-0.2, -0.15) is 4.52 Å². The van der Waals surface area contributed by atoms with Gasteiger partial charge in [0.05, 0.1) is 5.56 Å². The van der Waals surface area contributed by atoms with Crippen LogP contribution in [0.15, 0.2) is 48.8 Å². The van der Waals surface area contributed by atoms with Gasteiger partial charge in [-0.15, -0.1) is 15.3 Å². The Balaban J connectivity index is 1.20. The average Bonchev–Trinajstić information content (AvgIpc) is 3.30. The van der Waals surface area contributed by atoms with Crippen molar-refractivity contribution < 1.29 is 4.79 Å². The lowest BCUT2D eigenvalue weighted by Crippen LogP contribution is -2.52. The summed E-state index contributed by atoms with van der Waals surface area (Å²) in [6.45, 7) is 8.70. The normalized spacial score (nSPS) is 15.0. The first-order chi connectivity index (χ1) is 14.4. The summed E-state index contributed by atoms with van der Waals surface area (Å²) < 4.78 is 3.79. The molecule has 5 rings (SSSR count). The smallest absolute Gasteiger partial charge is 0.252 e. The van der Waals surface area contributed by atoms with Crippen molar-refractivity contribution >= 4 is 22.9 Å². The number of pyridine rings is 1. The van der Waals surface area contributed by atoms with Crippen LogP contribution in [0.1, 0.15) is 37.0 Å². The highest BCUT2D eigenvalue weighted by molar-refractivity contribution is 5.95. The second kappa shape index (κ2) is 6.83. The van der Waals surface area contributed by atoms with Crippen LogP contribution in [0.4, 0.5) is 5.82 Å². The standard InChI is InChI=1S/C22H25N7O/c1-22(2,3)21-25-24-18-7-8-19(26-29(18)21)28-12-15(13-28)11-23-20(30)16-10-17-6-4-5-9-27(17)14-16/h4-10,14-15H,11-13H2,1-3H3,(H,23,30). The van der Waals surface area contributed by atoms with Crippen LogP contribution in [-0.2, 0) is 5.41 Å². The predicted octanol–water partition coefficient (Wildman–Crippen LogP) is 2.54. The van der Waals surface area contributed by atoms with Crippen molar-refractivity contribution in [3.8, 4) is 0 Å². The molecule has 5 heterocycles. The molecule has 0 spiro atoms. The number of anilines is 1.